The fourth-order valence-corrected chi connectivity index (χ4v) is 7.86. The van der Waals surface area contributed by atoms with Crippen molar-refractivity contribution in [2.75, 3.05) is 0 Å². The lowest BCUT2D eigenvalue weighted by Gasteiger charge is -2.14. The molecule has 0 amide bonds. The molecule has 9 aromatic rings. The quantitative estimate of drug-likeness (QED) is 0.180. The van der Waals surface area contributed by atoms with Gasteiger partial charge in [0.25, 0.3) is 0 Å². The molecule has 0 aliphatic carbocycles. The summed E-state index contributed by atoms with van der Waals surface area (Å²) in [5.74, 6) is 0.703. The molecule has 0 radical (unpaired) electrons. The Bertz CT molecular complexity index is 2570. The first-order valence-corrected chi connectivity index (χ1v) is 17.3. The fraction of sp³-hybridized carbons (Fsp3) is 0. The van der Waals surface area contributed by atoms with Crippen molar-refractivity contribution in [1.82, 2.24) is 9.97 Å². The van der Waals surface area contributed by atoms with E-state index in [2.05, 4.69) is 170 Å². The van der Waals surface area contributed by atoms with Gasteiger partial charge in [-0.05, 0) is 63.7 Å². The average molecular weight is 643 g/mol. The van der Waals surface area contributed by atoms with E-state index in [1.807, 2.05) is 23.5 Å². The third-order valence-corrected chi connectivity index (χ3v) is 10.3. The van der Waals surface area contributed by atoms with Gasteiger partial charge in [0.05, 0.1) is 11.4 Å². The van der Waals surface area contributed by atoms with E-state index in [4.69, 9.17) is 9.97 Å². The van der Waals surface area contributed by atoms with Gasteiger partial charge in [-0.2, -0.15) is 0 Å². The molecular weight excluding hydrogens is 613 g/mol. The monoisotopic (exact) mass is 642 g/mol. The normalized spacial score (nSPS) is 11.3. The number of hydrogen-bond donors (Lipinski definition) is 0. The highest BCUT2D eigenvalue weighted by molar-refractivity contribution is 7.26. The van der Waals surface area contributed by atoms with Crippen LogP contribution in [0.4, 0.5) is 0 Å². The zero-order chi connectivity index (χ0) is 32.6. The highest BCUT2D eigenvalue weighted by atomic mass is 32.1. The number of aromatic nitrogens is 2. The molecular formula is C46H30N2S. The molecule has 3 heteroatoms. The molecule has 2 heterocycles. The molecule has 2 aromatic heterocycles. The highest BCUT2D eigenvalue weighted by Crippen LogP contribution is 2.42. The van der Waals surface area contributed by atoms with Crippen LogP contribution in [0.15, 0.2) is 182 Å². The van der Waals surface area contributed by atoms with Crippen LogP contribution in [0.3, 0.4) is 0 Å². The van der Waals surface area contributed by atoms with Crippen molar-refractivity contribution in [3.05, 3.63) is 182 Å². The van der Waals surface area contributed by atoms with Crippen molar-refractivity contribution < 1.29 is 0 Å². The van der Waals surface area contributed by atoms with E-state index in [-0.39, 0.29) is 0 Å². The van der Waals surface area contributed by atoms with Gasteiger partial charge in [0.15, 0.2) is 5.82 Å². The maximum atomic E-state index is 5.26. The Labute approximate surface area is 289 Å². The first kappa shape index (κ1) is 29.0. The minimum Gasteiger partial charge on any atom is -0.228 e. The molecule has 49 heavy (non-hydrogen) atoms. The van der Waals surface area contributed by atoms with Crippen molar-refractivity contribution in [3.8, 4) is 67.3 Å². The summed E-state index contributed by atoms with van der Waals surface area (Å²) < 4.78 is 2.60. The van der Waals surface area contributed by atoms with Crippen LogP contribution < -0.4 is 0 Å². The van der Waals surface area contributed by atoms with E-state index >= 15 is 0 Å². The van der Waals surface area contributed by atoms with E-state index in [0.29, 0.717) is 5.82 Å². The summed E-state index contributed by atoms with van der Waals surface area (Å²) in [6, 6.07) is 64.4. The Morgan fingerprint density at radius 1 is 0.327 bits per heavy atom. The van der Waals surface area contributed by atoms with Crippen LogP contribution in [0, 0.1) is 0 Å². The van der Waals surface area contributed by atoms with Crippen LogP contribution in [0.1, 0.15) is 0 Å². The number of hydrogen-bond acceptors (Lipinski definition) is 3. The van der Waals surface area contributed by atoms with E-state index in [1.54, 1.807) is 0 Å². The average Bonchev–Trinajstić information content (AvgIpc) is 3.58. The molecule has 0 fully saturated rings. The van der Waals surface area contributed by atoms with Crippen molar-refractivity contribution in [1.29, 1.82) is 0 Å². The van der Waals surface area contributed by atoms with Gasteiger partial charge in [-0.25, -0.2) is 9.97 Å². The van der Waals surface area contributed by atoms with Crippen molar-refractivity contribution in [3.63, 3.8) is 0 Å². The molecule has 0 saturated heterocycles. The summed E-state index contributed by atoms with van der Waals surface area (Å²) in [6.07, 6.45) is 0. The van der Waals surface area contributed by atoms with Gasteiger partial charge in [0.1, 0.15) is 0 Å². The zero-order valence-electron chi connectivity index (χ0n) is 26.6. The van der Waals surface area contributed by atoms with Gasteiger partial charge in [0.2, 0.25) is 0 Å². The summed E-state index contributed by atoms with van der Waals surface area (Å²) in [4.78, 5) is 10.4. The lowest BCUT2D eigenvalue weighted by molar-refractivity contribution is 1.18. The van der Waals surface area contributed by atoms with Crippen LogP contribution in [0.25, 0.3) is 87.5 Å². The minimum absolute atomic E-state index is 0.703. The van der Waals surface area contributed by atoms with Gasteiger partial charge < -0.3 is 0 Å². The molecule has 9 rings (SSSR count). The Morgan fingerprint density at radius 2 is 0.837 bits per heavy atom. The highest BCUT2D eigenvalue weighted by Gasteiger charge is 2.16. The van der Waals surface area contributed by atoms with Gasteiger partial charge in [-0.1, -0.05) is 152 Å². The molecule has 2 nitrogen and oxygen atoms in total. The van der Waals surface area contributed by atoms with Crippen LogP contribution in [0.5, 0.6) is 0 Å². The molecule has 0 spiro atoms. The van der Waals surface area contributed by atoms with Crippen LogP contribution in [-0.2, 0) is 0 Å². The van der Waals surface area contributed by atoms with Gasteiger partial charge in [-0.15, -0.1) is 11.3 Å². The van der Waals surface area contributed by atoms with E-state index in [1.165, 1.54) is 48.0 Å². The molecule has 0 aliphatic rings. The second kappa shape index (κ2) is 12.5. The molecule has 230 valence electrons. The van der Waals surface area contributed by atoms with Gasteiger partial charge in [0, 0.05) is 36.9 Å². The lowest BCUT2D eigenvalue weighted by atomic mass is 9.94. The summed E-state index contributed by atoms with van der Waals surface area (Å²) in [5.41, 5.74) is 11.9. The van der Waals surface area contributed by atoms with Crippen LogP contribution >= 0.6 is 11.3 Å². The summed E-state index contributed by atoms with van der Waals surface area (Å²) >= 11 is 1.86. The Kier molecular flexibility index (Phi) is 7.38. The molecule has 0 unspecified atom stereocenters. The smallest absolute Gasteiger partial charge is 0.160 e. The van der Waals surface area contributed by atoms with E-state index in [9.17, 15) is 0 Å². The van der Waals surface area contributed by atoms with Gasteiger partial charge >= 0.3 is 0 Å². The zero-order valence-corrected chi connectivity index (χ0v) is 27.4. The third kappa shape index (κ3) is 5.61. The Balaban J connectivity index is 1.24. The SMILES string of the molecule is c1ccc(-c2ccc(-c3nc(-c4ccccc4)cc(-c4cc(-c5ccccc5)cc(-c5cccc6c5sc5ccccc56)c4)n3)cc2)cc1. The molecule has 0 atom stereocenters. The number of thiophene rings is 1. The maximum Gasteiger partial charge on any atom is 0.160 e. The van der Waals surface area contributed by atoms with Crippen molar-refractivity contribution >= 4 is 31.5 Å². The Hall–Kier alpha value is -6.16. The van der Waals surface area contributed by atoms with Crippen LogP contribution in [-0.4, -0.2) is 9.97 Å². The van der Waals surface area contributed by atoms with Gasteiger partial charge in [-0.3, -0.25) is 0 Å². The number of fused-ring (bicyclic) bond motifs is 3. The standard InChI is InChI=1S/C46H30N2S/c1-4-13-31(14-5-1)33-23-25-35(26-24-33)46-47-42(34-17-8-3-9-18-34)30-43(48-46)38-28-36(32-15-6-2-7-16-32)27-37(29-38)39-20-12-21-41-40-19-10-11-22-44(40)49-45(39)41/h1-30H. The van der Waals surface area contributed by atoms with E-state index in [0.717, 1.165) is 33.6 Å². The lowest BCUT2D eigenvalue weighted by Crippen LogP contribution is -1.96. The third-order valence-electron chi connectivity index (χ3n) is 9.10. The molecule has 0 bridgehead atoms. The van der Waals surface area contributed by atoms with E-state index < -0.39 is 0 Å². The number of rotatable bonds is 6. The molecule has 0 aliphatic heterocycles. The molecule has 0 N–H and O–H groups in total. The fourth-order valence-electron chi connectivity index (χ4n) is 6.63. The second-order valence-electron chi connectivity index (χ2n) is 12.2. The number of nitrogens with zero attached hydrogens (tertiary/aromatic N) is 2. The Morgan fingerprint density at radius 3 is 1.55 bits per heavy atom. The van der Waals surface area contributed by atoms with Crippen LogP contribution in [0.2, 0.25) is 0 Å². The number of benzene rings is 7. The topological polar surface area (TPSA) is 25.8 Å². The largest absolute Gasteiger partial charge is 0.228 e. The second-order valence-corrected chi connectivity index (χ2v) is 13.3. The maximum absolute atomic E-state index is 5.26. The molecule has 7 aromatic carbocycles. The summed E-state index contributed by atoms with van der Waals surface area (Å²) in [5, 5.41) is 2.59. The first-order valence-electron chi connectivity index (χ1n) is 16.5. The predicted molar refractivity (Wildman–Crippen MR) is 208 cm³/mol. The summed E-state index contributed by atoms with van der Waals surface area (Å²) in [7, 11) is 0. The predicted octanol–water partition coefficient (Wildman–Crippen LogP) is 12.8. The van der Waals surface area contributed by atoms with Crippen molar-refractivity contribution in [2.45, 2.75) is 0 Å². The molecule has 0 saturated carbocycles. The summed E-state index contributed by atoms with van der Waals surface area (Å²) in [6.45, 7) is 0. The minimum atomic E-state index is 0.703. The van der Waals surface area contributed by atoms with Crippen molar-refractivity contribution in [2.24, 2.45) is 0 Å². The first-order chi connectivity index (χ1) is 24.3.